The number of pyridine rings is 1. The summed E-state index contributed by atoms with van der Waals surface area (Å²) in [5.41, 5.74) is 0.849. The van der Waals surface area contributed by atoms with E-state index < -0.39 is 0 Å². The van der Waals surface area contributed by atoms with Gasteiger partial charge in [-0.1, -0.05) is 0 Å². The van der Waals surface area contributed by atoms with Crippen molar-refractivity contribution >= 4 is 16.8 Å². The Labute approximate surface area is 99.2 Å². The Morgan fingerprint density at radius 3 is 3.29 bits per heavy atom. The molecule has 2 aromatic heterocycles. The zero-order valence-corrected chi connectivity index (χ0v) is 9.64. The van der Waals surface area contributed by atoms with Crippen molar-refractivity contribution in [3.05, 3.63) is 24.6 Å². The van der Waals surface area contributed by atoms with Crippen molar-refractivity contribution < 1.29 is 9.15 Å². The van der Waals surface area contributed by atoms with Crippen LogP contribution in [0.2, 0.25) is 0 Å². The van der Waals surface area contributed by atoms with Crippen molar-refractivity contribution in [3.63, 3.8) is 0 Å². The SMILES string of the molecule is CO[C@H]1CNCC1Nc1nccc2occc12. The van der Waals surface area contributed by atoms with Gasteiger partial charge in [0.05, 0.1) is 23.8 Å². The lowest BCUT2D eigenvalue weighted by Gasteiger charge is -2.19. The molecule has 2 aromatic rings. The Kier molecular flexibility index (Phi) is 2.70. The summed E-state index contributed by atoms with van der Waals surface area (Å²) in [6.45, 7) is 1.75. The fraction of sp³-hybridized carbons (Fsp3) is 0.417. The molecule has 0 aliphatic carbocycles. The van der Waals surface area contributed by atoms with Crippen LogP contribution in [0.5, 0.6) is 0 Å². The van der Waals surface area contributed by atoms with Crippen LogP contribution in [0.15, 0.2) is 29.0 Å². The van der Waals surface area contributed by atoms with Gasteiger partial charge in [-0.05, 0) is 12.1 Å². The Bertz CT molecular complexity index is 511. The number of ether oxygens (including phenoxy) is 1. The third-order valence-electron chi connectivity index (χ3n) is 3.16. The van der Waals surface area contributed by atoms with Gasteiger partial charge in [-0.3, -0.25) is 0 Å². The van der Waals surface area contributed by atoms with E-state index in [9.17, 15) is 0 Å². The summed E-state index contributed by atoms with van der Waals surface area (Å²) in [5, 5.41) is 7.72. The van der Waals surface area contributed by atoms with Crippen molar-refractivity contribution in [2.75, 3.05) is 25.5 Å². The number of hydrogen-bond acceptors (Lipinski definition) is 5. The topological polar surface area (TPSA) is 59.3 Å². The molecule has 17 heavy (non-hydrogen) atoms. The van der Waals surface area contributed by atoms with Crippen molar-refractivity contribution in [3.8, 4) is 0 Å². The fourth-order valence-corrected chi connectivity index (χ4v) is 2.23. The van der Waals surface area contributed by atoms with Crippen LogP contribution in [0, 0.1) is 0 Å². The second-order valence-corrected chi connectivity index (χ2v) is 4.18. The van der Waals surface area contributed by atoms with Crippen LogP contribution in [-0.2, 0) is 4.74 Å². The summed E-state index contributed by atoms with van der Waals surface area (Å²) in [7, 11) is 1.73. The van der Waals surface area contributed by atoms with E-state index >= 15 is 0 Å². The molecule has 0 aromatic carbocycles. The maximum absolute atomic E-state index is 5.41. The van der Waals surface area contributed by atoms with E-state index in [2.05, 4.69) is 15.6 Å². The normalized spacial score (nSPS) is 24.3. The van der Waals surface area contributed by atoms with Crippen LogP contribution in [0.3, 0.4) is 0 Å². The lowest BCUT2D eigenvalue weighted by molar-refractivity contribution is 0.111. The molecule has 1 unspecified atom stereocenters. The molecule has 3 rings (SSSR count). The third-order valence-corrected chi connectivity index (χ3v) is 3.16. The van der Waals surface area contributed by atoms with Gasteiger partial charge in [0.25, 0.3) is 0 Å². The molecule has 3 heterocycles. The highest BCUT2D eigenvalue weighted by molar-refractivity contribution is 5.87. The van der Waals surface area contributed by atoms with Crippen molar-refractivity contribution in [1.82, 2.24) is 10.3 Å². The summed E-state index contributed by atoms with van der Waals surface area (Å²) in [6, 6.07) is 4.03. The molecule has 2 N–H and O–H groups in total. The van der Waals surface area contributed by atoms with Gasteiger partial charge in [-0.2, -0.15) is 0 Å². The van der Waals surface area contributed by atoms with Gasteiger partial charge in [0, 0.05) is 26.4 Å². The number of anilines is 1. The quantitative estimate of drug-likeness (QED) is 0.835. The molecule has 1 aliphatic rings. The molecular weight excluding hydrogens is 218 g/mol. The number of aromatic nitrogens is 1. The summed E-state index contributed by atoms with van der Waals surface area (Å²) < 4.78 is 10.8. The van der Waals surface area contributed by atoms with E-state index in [1.807, 2.05) is 12.1 Å². The maximum Gasteiger partial charge on any atom is 0.139 e. The highest BCUT2D eigenvalue weighted by Crippen LogP contribution is 2.23. The zero-order valence-electron chi connectivity index (χ0n) is 9.64. The Morgan fingerprint density at radius 1 is 1.47 bits per heavy atom. The molecule has 1 fully saturated rings. The van der Waals surface area contributed by atoms with Crippen molar-refractivity contribution in [1.29, 1.82) is 0 Å². The van der Waals surface area contributed by atoms with Crippen molar-refractivity contribution in [2.24, 2.45) is 0 Å². The predicted molar refractivity (Wildman–Crippen MR) is 65.1 cm³/mol. The minimum atomic E-state index is 0.180. The minimum absolute atomic E-state index is 0.180. The fourth-order valence-electron chi connectivity index (χ4n) is 2.23. The van der Waals surface area contributed by atoms with Gasteiger partial charge in [0.1, 0.15) is 11.4 Å². The first-order valence-corrected chi connectivity index (χ1v) is 5.71. The van der Waals surface area contributed by atoms with Crippen LogP contribution >= 0.6 is 0 Å². The number of fused-ring (bicyclic) bond motifs is 1. The molecule has 0 bridgehead atoms. The van der Waals surface area contributed by atoms with Crippen molar-refractivity contribution in [2.45, 2.75) is 12.1 Å². The molecular formula is C12H15N3O2. The smallest absolute Gasteiger partial charge is 0.139 e. The molecule has 5 nitrogen and oxygen atoms in total. The average molecular weight is 233 g/mol. The number of nitrogens with zero attached hydrogens (tertiary/aromatic N) is 1. The standard InChI is InChI=1S/C12H15N3O2/c1-16-11-7-13-6-9(11)15-12-8-3-5-17-10(8)2-4-14-12/h2-5,9,11,13H,6-7H2,1H3,(H,14,15)/t9?,11-/m0/s1. The number of furan rings is 1. The number of hydrogen-bond donors (Lipinski definition) is 2. The molecule has 1 saturated heterocycles. The first kappa shape index (κ1) is 10.6. The van der Waals surface area contributed by atoms with Crippen LogP contribution < -0.4 is 10.6 Å². The summed E-state index contributed by atoms with van der Waals surface area (Å²) in [6.07, 6.45) is 3.61. The van der Waals surface area contributed by atoms with Gasteiger partial charge in [0.2, 0.25) is 0 Å². The summed E-state index contributed by atoms with van der Waals surface area (Å²) >= 11 is 0. The zero-order chi connectivity index (χ0) is 11.7. The second kappa shape index (κ2) is 4.35. The van der Waals surface area contributed by atoms with E-state index in [-0.39, 0.29) is 12.1 Å². The second-order valence-electron chi connectivity index (χ2n) is 4.18. The average Bonchev–Trinajstić information content (AvgIpc) is 2.97. The highest BCUT2D eigenvalue weighted by Gasteiger charge is 2.27. The third kappa shape index (κ3) is 1.87. The molecule has 5 heteroatoms. The molecule has 0 spiro atoms. The highest BCUT2D eigenvalue weighted by atomic mass is 16.5. The summed E-state index contributed by atoms with van der Waals surface area (Å²) in [5.74, 6) is 0.854. The van der Waals surface area contributed by atoms with E-state index in [4.69, 9.17) is 9.15 Å². The monoisotopic (exact) mass is 233 g/mol. The Balaban J connectivity index is 1.87. The Hall–Kier alpha value is -1.59. The Morgan fingerprint density at radius 2 is 2.41 bits per heavy atom. The van der Waals surface area contributed by atoms with E-state index in [1.165, 1.54) is 0 Å². The molecule has 0 radical (unpaired) electrons. The summed E-state index contributed by atoms with van der Waals surface area (Å²) in [4.78, 5) is 4.36. The van der Waals surface area contributed by atoms with Gasteiger partial charge >= 0.3 is 0 Å². The lowest BCUT2D eigenvalue weighted by Crippen LogP contribution is -2.33. The van der Waals surface area contributed by atoms with Gasteiger partial charge < -0.3 is 19.8 Å². The molecule has 0 amide bonds. The van der Waals surface area contributed by atoms with E-state index in [1.54, 1.807) is 19.6 Å². The number of methoxy groups -OCH3 is 1. The van der Waals surface area contributed by atoms with Gasteiger partial charge in [-0.15, -0.1) is 0 Å². The van der Waals surface area contributed by atoms with Crippen LogP contribution in [0.25, 0.3) is 11.0 Å². The number of nitrogens with one attached hydrogen (secondary N) is 2. The van der Waals surface area contributed by atoms with E-state index in [0.29, 0.717) is 0 Å². The van der Waals surface area contributed by atoms with Gasteiger partial charge in [0.15, 0.2) is 0 Å². The first-order valence-electron chi connectivity index (χ1n) is 5.71. The molecule has 0 saturated carbocycles. The first-order chi connectivity index (χ1) is 8.38. The predicted octanol–water partition coefficient (Wildman–Crippen LogP) is 1.23. The van der Waals surface area contributed by atoms with Crippen LogP contribution in [0.1, 0.15) is 0 Å². The van der Waals surface area contributed by atoms with Crippen LogP contribution in [0.4, 0.5) is 5.82 Å². The van der Waals surface area contributed by atoms with E-state index in [0.717, 1.165) is 29.9 Å². The molecule has 1 aliphatic heterocycles. The van der Waals surface area contributed by atoms with Gasteiger partial charge in [-0.25, -0.2) is 4.98 Å². The lowest BCUT2D eigenvalue weighted by atomic mass is 10.2. The maximum atomic E-state index is 5.41. The number of rotatable bonds is 3. The van der Waals surface area contributed by atoms with Crippen LogP contribution in [-0.4, -0.2) is 37.3 Å². The molecule has 2 atom stereocenters. The largest absolute Gasteiger partial charge is 0.464 e. The molecule has 90 valence electrons. The minimum Gasteiger partial charge on any atom is -0.464 e.